The summed E-state index contributed by atoms with van der Waals surface area (Å²) in [7, 11) is 0. The van der Waals surface area contributed by atoms with Crippen LogP contribution >= 0.6 is 0 Å². The summed E-state index contributed by atoms with van der Waals surface area (Å²) < 4.78 is 0. The number of fused-ring (bicyclic) bond motifs is 1. The second kappa shape index (κ2) is 12.1. The van der Waals surface area contributed by atoms with E-state index < -0.39 is 0 Å². The number of anilines is 2. The molecule has 0 N–H and O–H groups in total. The molecule has 4 aromatic carbocycles. The smallest absolute Gasteiger partial charge is 0.0490 e. The van der Waals surface area contributed by atoms with Crippen molar-refractivity contribution in [3.8, 4) is 11.1 Å². The molecule has 0 heterocycles. The zero-order valence-corrected chi connectivity index (χ0v) is 26.3. The first-order chi connectivity index (χ1) is 20.8. The van der Waals surface area contributed by atoms with Gasteiger partial charge in [-0.15, -0.1) is 0 Å². The van der Waals surface area contributed by atoms with Crippen LogP contribution in [0.2, 0.25) is 0 Å². The first-order valence-electron chi connectivity index (χ1n) is 15.8. The first-order valence-corrected chi connectivity index (χ1v) is 15.8. The van der Waals surface area contributed by atoms with E-state index >= 15 is 0 Å². The molecule has 0 aromatic heterocycles. The van der Waals surface area contributed by atoms with Crippen LogP contribution in [0.5, 0.6) is 0 Å². The van der Waals surface area contributed by atoms with E-state index in [2.05, 4.69) is 161 Å². The van der Waals surface area contributed by atoms with E-state index in [1.807, 2.05) is 0 Å². The van der Waals surface area contributed by atoms with Gasteiger partial charge in [-0.2, -0.15) is 0 Å². The topological polar surface area (TPSA) is 3.24 Å². The number of hydrogen-bond donors (Lipinski definition) is 0. The van der Waals surface area contributed by atoms with Gasteiger partial charge in [-0.25, -0.2) is 0 Å². The van der Waals surface area contributed by atoms with Crippen molar-refractivity contribution in [2.24, 2.45) is 5.92 Å². The fourth-order valence-corrected chi connectivity index (χ4v) is 7.01. The Bertz CT molecular complexity index is 1730. The van der Waals surface area contributed by atoms with E-state index in [-0.39, 0.29) is 5.92 Å². The van der Waals surface area contributed by atoms with Crippen molar-refractivity contribution in [1.29, 1.82) is 0 Å². The summed E-state index contributed by atoms with van der Waals surface area (Å²) in [6.45, 7) is 15.8. The Kier molecular flexibility index (Phi) is 8.08. The average molecular weight is 562 g/mol. The Morgan fingerprint density at radius 2 is 1.60 bits per heavy atom. The van der Waals surface area contributed by atoms with Gasteiger partial charge in [0, 0.05) is 23.0 Å². The van der Waals surface area contributed by atoms with Crippen LogP contribution in [0.15, 0.2) is 122 Å². The summed E-state index contributed by atoms with van der Waals surface area (Å²) in [4.78, 5) is 2.32. The van der Waals surface area contributed by atoms with Gasteiger partial charge in [-0.1, -0.05) is 124 Å². The summed E-state index contributed by atoms with van der Waals surface area (Å²) in [5.41, 5.74) is 15.4. The van der Waals surface area contributed by atoms with Gasteiger partial charge in [-0.3, -0.25) is 0 Å². The minimum absolute atomic E-state index is 0.249. The minimum Gasteiger partial charge on any atom is -0.315 e. The maximum atomic E-state index is 4.45. The molecule has 1 nitrogen and oxygen atoms in total. The lowest BCUT2D eigenvalue weighted by Crippen LogP contribution is -2.17. The second-order valence-electron chi connectivity index (χ2n) is 12.5. The molecule has 3 atom stereocenters. The molecule has 1 heteroatoms. The average Bonchev–Trinajstić information content (AvgIpc) is 3.02. The molecule has 0 fully saturated rings. The highest BCUT2D eigenvalue weighted by molar-refractivity contribution is 5.83. The third-order valence-corrected chi connectivity index (χ3v) is 9.32. The Hall–Kier alpha value is -4.36. The lowest BCUT2D eigenvalue weighted by molar-refractivity contribution is 0.738. The van der Waals surface area contributed by atoms with E-state index in [1.54, 1.807) is 0 Å². The fraction of sp³-hybridized carbons (Fsp3) is 0.238. The molecule has 0 aliphatic heterocycles. The van der Waals surface area contributed by atoms with Crippen molar-refractivity contribution in [2.75, 3.05) is 4.90 Å². The predicted octanol–water partition coefficient (Wildman–Crippen LogP) is 12.0. The molecule has 2 aliphatic carbocycles. The van der Waals surface area contributed by atoms with Crippen molar-refractivity contribution in [3.05, 3.63) is 155 Å². The largest absolute Gasteiger partial charge is 0.315 e. The molecule has 6 rings (SSSR count). The summed E-state index contributed by atoms with van der Waals surface area (Å²) in [5, 5.41) is 0. The lowest BCUT2D eigenvalue weighted by atomic mass is 9.81. The Balaban J connectivity index is 1.43. The lowest BCUT2D eigenvalue weighted by Gasteiger charge is -2.31. The zero-order chi connectivity index (χ0) is 30.1. The summed E-state index contributed by atoms with van der Waals surface area (Å²) in [6, 6.07) is 31.3. The number of hydrogen-bond acceptors (Lipinski definition) is 1. The van der Waals surface area contributed by atoms with Gasteiger partial charge in [-0.05, 0) is 107 Å². The molecule has 0 bridgehead atoms. The highest BCUT2D eigenvalue weighted by Gasteiger charge is 2.24. The molecule has 3 unspecified atom stereocenters. The molecule has 4 aromatic rings. The number of allylic oxidation sites excluding steroid dienone is 6. The van der Waals surface area contributed by atoms with E-state index in [0.717, 1.165) is 24.2 Å². The zero-order valence-electron chi connectivity index (χ0n) is 26.3. The van der Waals surface area contributed by atoms with Gasteiger partial charge in [0.25, 0.3) is 0 Å². The van der Waals surface area contributed by atoms with Crippen molar-refractivity contribution in [3.63, 3.8) is 0 Å². The third-order valence-electron chi connectivity index (χ3n) is 9.32. The number of nitrogens with zero attached hydrogens (tertiary/aromatic N) is 1. The maximum absolute atomic E-state index is 4.45. The van der Waals surface area contributed by atoms with E-state index in [0.29, 0.717) is 11.8 Å². The first kappa shape index (κ1) is 28.7. The molecule has 0 saturated carbocycles. The Morgan fingerprint density at radius 1 is 0.837 bits per heavy atom. The summed E-state index contributed by atoms with van der Waals surface area (Å²) in [5.74, 6) is 1.35. The highest BCUT2D eigenvalue weighted by Crippen LogP contribution is 2.43. The molecular formula is C42H43N. The van der Waals surface area contributed by atoms with Crippen LogP contribution in [-0.2, 0) is 0 Å². The van der Waals surface area contributed by atoms with E-state index in [4.69, 9.17) is 0 Å². The molecule has 216 valence electrons. The Morgan fingerprint density at radius 3 is 2.30 bits per heavy atom. The highest BCUT2D eigenvalue weighted by atomic mass is 15.1. The monoisotopic (exact) mass is 561 g/mol. The van der Waals surface area contributed by atoms with Crippen LogP contribution in [0.1, 0.15) is 85.8 Å². The number of rotatable bonds is 7. The summed E-state index contributed by atoms with van der Waals surface area (Å²) >= 11 is 0. The van der Waals surface area contributed by atoms with Crippen LogP contribution in [0, 0.1) is 12.8 Å². The van der Waals surface area contributed by atoms with Gasteiger partial charge < -0.3 is 4.90 Å². The molecule has 43 heavy (non-hydrogen) atoms. The minimum atomic E-state index is 0.249. The van der Waals surface area contributed by atoms with Gasteiger partial charge in [0.1, 0.15) is 0 Å². The SMILES string of the molecule is C=C(C)N(c1ccc(-c2cccc3c2C(C)CC=C3)cc1)c1ccc(C2=CCC(C)C=C2)c(C(C)c2ccccc2)c1C. The van der Waals surface area contributed by atoms with E-state index in [1.165, 1.54) is 55.8 Å². The molecule has 0 saturated heterocycles. The molecule has 0 radical (unpaired) electrons. The van der Waals surface area contributed by atoms with Gasteiger partial charge in [0.15, 0.2) is 0 Å². The molecule has 0 amide bonds. The van der Waals surface area contributed by atoms with Gasteiger partial charge >= 0.3 is 0 Å². The van der Waals surface area contributed by atoms with Crippen molar-refractivity contribution in [1.82, 2.24) is 0 Å². The summed E-state index contributed by atoms with van der Waals surface area (Å²) in [6.07, 6.45) is 13.8. The molecule has 2 aliphatic rings. The van der Waals surface area contributed by atoms with Crippen molar-refractivity contribution >= 4 is 23.0 Å². The second-order valence-corrected chi connectivity index (χ2v) is 12.5. The van der Waals surface area contributed by atoms with E-state index in [9.17, 15) is 0 Å². The van der Waals surface area contributed by atoms with Crippen LogP contribution in [0.3, 0.4) is 0 Å². The van der Waals surface area contributed by atoms with Gasteiger partial charge in [0.05, 0.1) is 0 Å². The predicted molar refractivity (Wildman–Crippen MR) is 187 cm³/mol. The fourth-order valence-electron chi connectivity index (χ4n) is 7.01. The third kappa shape index (κ3) is 5.57. The standard InChI is InChI=1S/C42H43N/c1-28(2)43(37-24-22-35(23-25-37)38-17-11-16-36-15-10-12-30(4)41(36)38)40-27-26-39(34-20-18-29(3)19-21-34)42(32(40)6)31(5)33-13-8-7-9-14-33/h7-11,13-18,20-27,29-31H,1,12,19H2,2-6H3. The van der Waals surface area contributed by atoms with Crippen molar-refractivity contribution in [2.45, 2.75) is 59.3 Å². The van der Waals surface area contributed by atoms with Gasteiger partial charge in [0.2, 0.25) is 0 Å². The van der Waals surface area contributed by atoms with Crippen molar-refractivity contribution < 1.29 is 0 Å². The van der Waals surface area contributed by atoms with Crippen LogP contribution in [0.25, 0.3) is 22.8 Å². The van der Waals surface area contributed by atoms with Crippen LogP contribution in [0.4, 0.5) is 11.4 Å². The molecular weight excluding hydrogens is 518 g/mol. The molecule has 0 spiro atoms. The van der Waals surface area contributed by atoms with Crippen LogP contribution in [-0.4, -0.2) is 0 Å². The Labute approximate surface area is 258 Å². The number of benzene rings is 4. The maximum Gasteiger partial charge on any atom is 0.0490 e. The van der Waals surface area contributed by atoms with Crippen LogP contribution < -0.4 is 4.90 Å². The normalized spacial score (nSPS) is 18.1. The quantitative estimate of drug-likeness (QED) is 0.217.